The molecule has 4 heteroatoms. The molecule has 2 rings (SSSR count). The van der Waals surface area contributed by atoms with Crippen molar-refractivity contribution in [1.29, 1.82) is 0 Å². The van der Waals surface area contributed by atoms with Gasteiger partial charge < -0.3 is 4.74 Å². The number of hydrogen-bond acceptors (Lipinski definition) is 3. The summed E-state index contributed by atoms with van der Waals surface area (Å²) in [6.45, 7) is 0. The van der Waals surface area contributed by atoms with Crippen molar-refractivity contribution < 1.29 is 4.74 Å². The van der Waals surface area contributed by atoms with Crippen LogP contribution in [0.25, 0.3) is 11.4 Å². The monoisotopic (exact) mass is 220 g/mol. The van der Waals surface area contributed by atoms with Crippen LogP contribution in [0.3, 0.4) is 0 Å². The standard InChI is InChI=1S/C11H9ClN2O/c1-15-10-7-8(12)3-4-9(10)11-13-5-2-6-14-11/h2-7H,1H3. The summed E-state index contributed by atoms with van der Waals surface area (Å²) >= 11 is 5.86. The van der Waals surface area contributed by atoms with Gasteiger partial charge >= 0.3 is 0 Å². The van der Waals surface area contributed by atoms with E-state index in [1.165, 1.54) is 0 Å². The molecule has 0 aliphatic heterocycles. The fourth-order valence-electron chi connectivity index (χ4n) is 1.29. The van der Waals surface area contributed by atoms with Gasteiger partial charge in [0.1, 0.15) is 5.75 Å². The van der Waals surface area contributed by atoms with Crippen molar-refractivity contribution in [2.45, 2.75) is 0 Å². The Kier molecular flexibility index (Phi) is 2.83. The summed E-state index contributed by atoms with van der Waals surface area (Å²) in [7, 11) is 1.60. The first-order chi connectivity index (χ1) is 7.31. The highest BCUT2D eigenvalue weighted by Gasteiger charge is 2.07. The first-order valence-corrected chi connectivity index (χ1v) is 4.80. The molecule has 0 N–H and O–H groups in total. The van der Waals surface area contributed by atoms with Crippen LogP contribution in [0.5, 0.6) is 5.75 Å². The molecule has 0 radical (unpaired) electrons. The molecule has 1 heterocycles. The van der Waals surface area contributed by atoms with E-state index in [0.717, 1.165) is 5.56 Å². The number of ether oxygens (including phenoxy) is 1. The van der Waals surface area contributed by atoms with Crippen LogP contribution in [0, 0.1) is 0 Å². The van der Waals surface area contributed by atoms with Gasteiger partial charge in [0.05, 0.1) is 12.7 Å². The molecule has 0 spiro atoms. The quantitative estimate of drug-likeness (QED) is 0.781. The topological polar surface area (TPSA) is 35.0 Å². The second-order valence-electron chi connectivity index (χ2n) is 2.92. The lowest BCUT2D eigenvalue weighted by Crippen LogP contribution is -1.91. The summed E-state index contributed by atoms with van der Waals surface area (Å²) in [5.74, 6) is 1.31. The highest BCUT2D eigenvalue weighted by Crippen LogP contribution is 2.29. The summed E-state index contributed by atoms with van der Waals surface area (Å²) in [5, 5.41) is 0.631. The molecule has 0 aliphatic rings. The Balaban J connectivity index is 2.53. The first kappa shape index (κ1) is 9.93. The zero-order valence-electron chi connectivity index (χ0n) is 8.14. The van der Waals surface area contributed by atoms with Gasteiger partial charge in [-0.2, -0.15) is 0 Å². The predicted molar refractivity (Wildman–Crippen MR) is 59.0 cm³/mol. The second-order valence-corrected chi connectivity index (χ2v) is 3.35. The van der Waals surface area contributed by atoms with Crippen LogP contribution in [-0.2, 0) is 0 Å². The van der Waals surface area contributed by atoms with Crippen molar-refractivity contribution in [3.8, 4) is 17.1 Å². The lowest BCUT2D eigenvalue weighted by molar-refractivity contribution is 0.416. The molecule has 1 aromatic carbocycles. The summed E-state index contributed by atoms with van der Waals surface area (Å²) in [6.07, 6.45) is 3.38. The van der Waals surface area contributed by atoms with Crippen molar-refractivity contribution in [3.05, 3.63) is 41.7 Å². The molecular formula is C11H9ClN2O. The zero-order chi connectivity index (χ0) is 10.7. The van der Waals surface area contributed by atoms with Gasteiger partial charge in [-0.25, -0.2) is 9.97 Å². The SMILES string of the molecule is COc1cc(Cl)ccc1-c1ncccn1. The van der Waals surface area contributed by atoms with Crippen LogP contribution in [0.2, 0.25) is 5.02 Å². The third-order valence-corrected chi connectivity index (χ3v) is 2.21. The summed E-state index contributed by atoms with van der Waals surface area (Å²) < 4.78 is 5.22. The van der Waals surface area contributed by atoms with Gasteiger partial charge in [0.15, 0.2) is 5.82 Å². The lowest BCUT2D eigenvalue weighted by atomic mass is 10.2. The number of benzene rings is 1. The molecule has 0 saturated carbocycles. The molecule has 0 saturated heterocycles. The van der Waals surface area contributed by atoms with Crippen molar-refractivity contribution in [3.63, 3.8) is 0 Å². The van der Waals surface area contributed by atoms with E-state index in [1.54, 1.807) is 37.7 Å². The van der Waals surface area contributed by atoms with Crippen molar-refractivity contribution >= 4 is 11.6 Å². The number of nitrogens with zero attached hydrogens (tertiary/aromatic N) is 2. The van der Waals surface area contributed by atoms with E-state index in [9.17, 15) is 0 Å². The minimum absolute atomic E-state index is 0.631. The van der Waals surface area contributed by atoms with Crippen LogP contribution in [0.15, 0.2) is 36.7 Å². The lowest BCUT2D eigenvalue weighted by Gasteiger charge is -2.06. The van der Waals surface area contributed by atoms with E-state index < -0.39 is 0 Å². The van der Waals surface area contributed by atoms with Crippen LogP contribution in [-0.4, -0.2) is 17.1 Å². The molecule has 0 bridgehead atoms. The molecule has 3 nitrogen and oxygen atoms in total. The van der Waals surface area contributed by atoms with Crippen LogP contribution in [0.4, 0.5) is 0 Å². The normalized spacial score (nSPS) is 10.0. The van der Waals surface area contributed by atoms with Crippen LogP contribution >= 0.6 is 11.6 Å². The Bertz CT molecular complexity index is 459. The van der Waals surface area contributed by atoms with Gasteiger partial charge in [-0.3, -0.25) is 0 Å². The summed E-state index contributed by atoms with van der Waals surface area (Å²) in [4.78, 5) is 8.31. The number of methoxy groups -OCH3 is 1. The number of halogens is 1. The Labute approximate surface area is 92.7 Å². The van der Waals surface area contributed by atoms with E-state index in [4.69, 9.17) is 16.3 Å². The number of rotatable bonds is 2. The highest BCUT2D eigenvalue weighted by atomic mass is 35.5. The fourth-order valence-corrected chi connectivity index (χ4v) is 1.45. The molecule has 2 aromatic rings. The smallest absolute Gasteiger partial charge is 0.162 e. The van der Waals surface area contributed by atoms with E-state index in [2.05, 4.69) is 9.97 Å². The van der Waals surface area contributed by atoms with Gasteiger partial charge in [-0.15, -0.1) is 0 Å². The Morgan fingerprint density at radius 1 is 1.20 bits per heavy atom. The second kappa shape index (κ2) is 4.28. The molecule has 76 valence electrons. The Morgan fingerprint density at radius 2 is 1.93 bits per heavy atom. The van der Waals surface area contributed by atoms with Crippen molar-refractivity contribution in [2.24, 2.45) is 0 Å². The summed E-state index contributed by atoms with van der Waals surface area (Å²) in [5.41, 5.74) is 0.836. The number of hydrogen-bond donors (Lipinski definition) is 0. The van der Waals surface area contributed by atoms with E-state index in [-0.39, 0.29) is 0 Å². The van der Waals surface area contributed by atoms with E-state index in [1.807, 2.05) is 6.07 Å². The zero-order valence-corrected chi connectivity index (χ0v) is 8.90. The van der Waals surface area contributed by atoms with Gasteiger partial charge in [0.25, 0.3) is 0 Å². The molecule has 15 heavy (non-hydrogen) atoms. The predicted octanol–water partition coefficient (Wildman–Crippen LogP) is 2.81. The molecule has 0 atom stereocenters. The van der Waals surface area contributed by atoms with Gasteiger partial charge in [0.2, 0.25) is 0 Å². The third kappa shape index (κ3) is 2.07. The van der Waals surface area contributed by atoms with Gasteiger partial charge in [0, 0.05) is 17.4 Å². The average molecular weight is 221 g/mol. The maximum atomic E-state index is 5.86. The first-order valence-electron chi connectivity index (χ1n) is 4.42. The highest BCUT2D eigenvalue weighted by molar-refractivity contribution is 6.30. The summed E-state index contributed by atoms with van der Waals surface area (Å²) in [6, 6.07) is 7.14. The largest absolute Gasteiger partial charge is 0.496 e. The van der Waals surface area contributed by atoms with Crippen molar-refractivity contribution in [1.82, 2.24) is 9.97 Å². The van der Waals surface area contributed by atoms with Crippen molar-refractivity contribution in [2.75, 3.05) is 7.11 Å². The Morgan fingerprint density at radius 3 is 2.60 bits per heavy atom. The molecule has 1 aromatic heterocycles. The fraction of sp³-hybridized carbons (Fsp3) is 0.0909. The van der Waals surface area contributed by atoms with E-state index in [0.29, 0.717) is 16.6 Å². The van der Waals surface area contributed by atoms with Crippen LogP contribution < -0.4 is 4.74 Å². The Hall–Kier alpha value is -1.61. The molecule has 0 unspecified atom stereocenters. The molecule has 0 amide bonds. The maximum absolute atomic E-state index is 5.86. The molecular weight excluding hydrogens is 212 g/mol. The third-order valence-electron chi connectivity index (χ3n) is 1.97. The minimum Gasteiger partial charge on any atom is -0.496 e. The van der Waals surface area contributed by atoms with Gasteiger partial charge in [-0.05, 0) is 24.3 Å². The average Bonchev–Trinajstić information content (AvgIpc) is 2.30. The maximum Gasteiger partial charge on any atom is 0.162 e. The van der Waals surface area contributed by atoms with Gasteiger partial charge in [-0.1, -0.05) is 11.6 Å². The number of aromatic nitrogens is 2. The van der Waals surface area contributed by atoms with Crippen LogP contribution in [0.1, 0.15) is 0 Å². The molecule has 0 fully saturated rings. The van der Waals surface area contributed by atoms with E-state index >= 15 is 0 Å². The minimum atomic E-state index is 0.631. The molecule has 0 aliphatic carbocycles.